The van der Waals surface area contributed by atoms with Gasteiger partial charge in [-0.2, -0.15) is 0 Å². The molecule has 0 aliphatic carbocycles. The van der Waals surface area contributed by atoms with E-state index in [1.165, 1.54) is 25.1 Å². The van der Waals surface area contributed by atoms with Gasteiger partial charge >= 0.3 is 0 Å². The predicted octanol–water partition coefficient (Wildman–Crippen LogP) is 0.332. The van der Waals surface area contributed by atoms with Gasteiger partial charge in [-0.15, -0.1) is 0 Å². The third kappa shape index (κ3) is 3.58. The van der Waals surface area contributed by atoms with Crippen LogP contribution in [0.2, 0.25) is 0 Å². The monoisotopic (exact) mass is 241 g/mol. The first-order valence-corrected chi connectivity index (χ1v) is 4.97. The summed E-state index contributed by atoms with van der Waals surface area (Å²) < 4.78 is 0. The number of nitrogens with zero attached hydrogens (tertiary/aromatic N) is 1. The second-order valence-corrected chi connectivity index (χ2v) is 4.04. The van der Waals surface area contributed by atoms with E-state index in [4.69, 9.17) is 10.8 Å². The Morgan fingerprint density at radius 2 is 2.24 bits per heavy atom. The molecule has 0 aliphatic rings. The molecule has 7 nitrogen and oxygen atoms in total. The maximum absolute atomic E-state index is 10.5. The quantitative estimate of drug-likeness (QED) is 0.335. The molecule has 0 heterocycles. The SMILES string of the molecule is CC(O)(CO)CNc1ccc([N+](=O)[O-])cc1N. The fourth-order valence-corrected chi connectivity index (χ4v) is 1.17. The van der Waals surface area contributed by atoms with Gasteiger partial charge in [0.2, 0.25) is 0 Å². The number of benzene rings is 1. The topological polar surface area (TPSA) is 122 Å². The van der Waals surface area contributed by atoms with E-state index in [0.717, 1.165) is 0 Å². The number of hydrogen-bond acceptors (Lipinski definition) is 6. The van der Waals surface area contributed by atoms with Gasteiger partial charge in [0.1, 0.15) is 5.60 Å². The van der Waals surface area contributed by atoms with Crippen molar-refractivity contribution < 1.29 is 15.1 Å². The molecule has 1 aromatic carbocycles. The number of non-ortho nitro benzene ring substituents is 1. The molecule has 0 radical (unpaired) electrons. The van der Waals surface area contributed by atoms with Crippen LogP contribution in [0.3, 0.4) is 0 Å². The number of nitrogens with one attached hydrogen (secondary N) is 1. The number of nitro benzene ring substituents is 1. The van der Waals surface area contributed by atoms with Crippen molar-refractivity contribution in [3.05, 3.63) is 28.3 Å². The second-order valence-electron chi connectivity index (χ2n) is 4.04. The smallest absolute Gasteiger partial charge is 0.271 e. The third-order valence-corrected chi connectivity index (χ3v) is 2.25. The van der Waals surface area contributed by atoms with Crippen molar-refractivity contribution in [1.82, 2.24) is 0 Å². The number of aliphatic hydroxyl groups is 2. The van der Waals surface area contributed by atoms with E-state index < -0.39 is 17.1 Å². The third-order valence-electron chi connectivity index (χ3n) is 2.25. The molecule has 0 bridgehead atoms. The van der Waals surface area contributed by atoms with Crippen LogP contribution >= 0.6 is 0 Å². The lowest BCUT2D eigenvalue weighted by atomic mass is 10.1. The van der Waals surface area contributed by atoms with Crippen LogP contribution in [0.4, 0.5) is 17.1 Å². The first-order chi connectivity index (χ1) is 7.85. The molecule has 94 valence electrons. The lowest BCUT2D eigenvalue weighted by Gasteiger charge is -2.21. The zero-order chi connectivity index (χ0) is 13.1. The Morgan fingerprint density at radius 3 is 2.71 bits per heavy atom. The number of hydrogen-bond donors (Lipinski definition) is 4. The lowest BCUT2D eigenvalue weighted by molar-refractivity contribution is -0.384. The van der Waals surface area contributed by atoms with Crippen LogP contribution in [0.15, 0.2) is 18.2 Å². The van der Waals surface area contributed by atoms with Gasteiger partial charge in [0.25, 0.3) is 5.69 Å². The molecule has 7 heteroatoms. The van der Waals surface area contributed by atoms with Crippen molar-refractivity contribution in [2.75, 3.05) is 24.2 Å². The highest BCUT2D eigenvalue weighted by Crippen LogP contribution is 2.24. The summed E-state index contributed by atoms with van der Waals surface area (Å²) >= 11 is 0. The van der Waals surface area contributed by atoms with Gasteiger partial charge in [-0.25, -0.2) is 0 Å². The Hall–Kier alpha value is -1.86. The number of aliphatic hydroxyl groups excluding tert-OH is 1. The van der Waals surface area contributed by atoms with Crippen molar-refractivity contribution in [2.24, 2.45) is 0 Å². The molecule has 0 aromatic heterocycles. The van der Waals surface area contributed by atoms with E-state index in [1.54, 1.807) is 0 Å². The molecule has 5 N–H and O–H groups in total. The minimum Gasteiger partial charge on any atom is -0.397 e. The Balaban J connectivity index is 2.77. The summed E-state index contributed by atoms with van der Waals surface area (Å²) in [6.45, 7) is 1.15. The minimum absolute atomic E-state index is 0.0888. The molecular formula is C10H15N3O4. The molecule has 0 amide bonds. The van der Waals surface area contributed by atoms with E-state index in [0.29, 0.717) is 5.69 Å². The van der Waals surface area contributed by atoms with E-state index in [1.807, 2.05) is 0 Å². The standard InChI is InChI=1S/C10H15N3O4/c1-10(15,6-14)5-12-9-3-2-7(13(16)17)4-8(9)11/h2-4,12,14-15H,5-6,11H2,1H3. The van der Waals surface area contributed by atoms with Gasteiger partial charge in [-0.1, -0.05) is 0 Å². The average Bonchev–Trinajstić information content (AvgIpc) is 2.27. The van der Waals surface area contributed by atoms with Gasteiger partial charge in [-0.3, -0.25) is 10.1 Å². The van der Waals surface area contributed by atoms with Crippen molar-refractivity contribution >= 4 is 17.1 Å². The van der Waals surface area contributed by atoms with Gasteiger partial charge in [0.15, 0.2) is 0 Å². The van der Waals surface area contributed by atoms with Crippen molar-refractivity contribution in [1.29, 1.82) is 0 Å². The summed E-state index contributed by atoms with van der Waals surface area (Å²) in [4.78, 5) is 9.95. The van der Waals surface area contributed by atoms with Crippen LogP contribution in [-0.4, -0.2) is 33.9 Å². The van der Waals surface area contributed by atoms with Crippen LogP contribution in [0, 0.1) is 10.1 Å². The van der Waals surface area contributed by atoms with Gasteiger partial charge in [0, 0.05) is 18.7 Å². The number of nitrogens with two attached hydrogens (primary N) is 1. The molecule has 0 saturated heterocycles. The Bertz CT molecular complexity index is 420. The summed E-state index contributed by atoms with van der Waals surface area (Å²) in [7, 11) is 0. The first-order valence-electron chi connectivity index (χ1n) is 4.97. The predicted molar refractivity (Wildman–Crippen MR) is 63.7 cm³/mol. The minimum atomic E-state index is -1.27. The zero-order valence-corrected chi connectivity index (χ0v) is 9.38. The normalized spacial score (nSPS) is 14.1. The number of nitro groups is 1. The lowest BCUT2D eigenvalue weighted by Crippen LogP contribution is -2.37. The molecule has 1 rings (SSSR count). The fraction of sp³-hybridized carbons (Fsp3) is 0.400. The molecule has 17 heavy (non-hydrogen) atoms. The van der Waals surface area contributed by atoms with Crippen molar-refractivity contribution in [3.63, 3.8) is 0 Å². The van der Waals surface area contributed by atoms with E-state index in [-0.39, 0.29) is 17.9 Å². The van der Waals surface area contributed by atoms with Gasteiger partial charge in [0.05, 0.1) is 22.9 Å². The molecular weight excluding hydrogens is 226 g/mol. The Morgan fingerprint density at radius 1 is 1.59 bits per heavy atom. The largest absolute Gasteiger partial charge is 0.397 e. The first kappa shape index (κ1) is 13.2. The van der Waals surface area contributed by atoms with Gasteiger partial charge < -0.3 is 21.3 Å². The van der Waals surface area contributed by atoms with Crippen LogP contribution < -0.4 is 11.1 Å². The van der Waals surface area contributed by atoms with Crippen LogP contribution in [0.5, 0.6) is 0 Å². The van der Waals surface area contributed by atoms with Crippen molar-refractivity contribution in [3.8, 4) is 0 Å². The summed E-state index contributed by atoms with van der Waals surface area (Å²) in [5.74, 6) is 0. The maximum atomic E-state index is 10.5. The Kier molecular flexibility index (Phi) is 3.87. The summed E-state index contributed by atoms with van der Waals surface area (Å²) in [6, 6.07) is 4.00. The van der Waals surface area contributed by atoms with Crippen LogP contribution in [0.25, 0.3) is 0 Å². The molecule has 0 aliphatic heterocycles. The Labute approximate surface area is 98.0 Å². The van der Waals surface area contributed by atoms with Crippen LogP contribution in [0.1, 0.15) is 6.92 Å². The number of nitrogen functional groups attached to an aromatic ring is 1. The van der Waals surface area contributed by atoms with E-state index in [9.17, 15) is 15.2 Å². The number of anilines is 2. The maximum Gasteiger partial charge on any atom is 0.271 e. The van der Waals surface area contributed by atoms with Gasteiger partial charge in [-0.05, 0) is 13.0 Å². The molecule has 0 spiro atoms. The number of rotatable bonds is 5. The average molecular weight is 241 g/mol. The second kappa shape index (κ2) is 4.98. The fourth-order valence-electron chi connectivity index (χ4n) is 1.17. The van der Waals surface area contributed by atoms with Crippen molar-refractivity contribution in [2.45, 2.75) is 12.5 Å². The highest BCUT2D eigenvalue weighted by molar-refractivity contribution is 5.69. The highest BCUT2D eigenvalue weighted by atomic mass is 16.6. The summed E-state index contributed by atoms with van der Waals surface area (Å²) in [5.41, 5.74) is 4.95. The van der Waals surface area contributed by atoms with E-state index in [2.05, 4.69) is 5.32 Å². The summed E-state index contributed by atoms with van der Waals surface area (Å²) in [6.07, 6.45) is 0. The molecule has 0 saturated carbocycles. The molecule has 1 aromatic rings. The zero-order valence-electron chi connectivity index (χ0n) is 9.38. The van der Waals surface area contributed by atoms with Crippen LogP contribution in [-0.2, 0) is 0 Å². The highest BCUT2D eigenvalue weighted by Gasteiger charge is 2.19. The molecule has 1 unspecified atom stereocenters. The van der Waals surface area contributed by atoms with E-state index >= 15 is 0 Å². The summed E-state index contributed by atoms with van der Waals surface area (Å²) in [5, 5.41) is 31.7. The molecule has 1 atom stereocenters. The molecule has 0 fully saturated rings.